The first-order chi connectivity index (χ1) is 7.43. The average molecular weight is 201 g/mol. The van der Waals surface area contributed by atoms with E-state index in [0.717, 1.165) is 12.0 Å². The number of hydrogen-bond acceptors (Lipinski definition) is 1. The lowest BCUT2D eigenvalue weighted by Gasteiger charge is -2.25. The monoisotopic (exact) mass is 201 g/mol. The zero-order valence-corrected chi connectivity index (χ0v) is 9.21. The predicted molar refractivity (Wildman–Crippen MR) is 63.1 cm³/mol. The van der Waals surface area contributed by atoms with E-state index >= 15 is 0 Å². The molecule has 1 heteroatoms. The molecule has 1 nitrogen and oxygen atoms in total. The maximum atomic E-state index is 3.67. The second-order valence-corrected chi connectivity index (χ2v) is 4.97. The van der Waals surface area contributed by atoms with Crippen LogP contribution in [-0.2, 0) is 6.42 Å². The van der Waals surface area contributed by atoms with Gasteiger partial charge in [-0.1, -0.05) is 24.3 Å². The Bertz CT molecular complexity index is 341. The van der Waals surface area contributed by atoms with Crippen molar-refractivity contribution in [1.29, 1.82) is 0 Å². The number of benzene rings is 1. The third kappa shape index (κ3) is 2.07. The molecule has 0 radical (unpaired) electrons. The molecule has 1 fully saturated rings. The second kappa shape index (κ2) is 3.97. The summed E-state index contributed by atoms with van der Waals surface area (Å²) in [5.41, 5.74) is 3.20. The van der Waals surface area contributed by atoms with Crippen molar-refractivity contribution in [3.8, 4) is 0 Å². The molecule has 1 N–H and O–H groups in total. The maximum absolute atomic E-state index is 3.67. The Morgan fingerprint density at radius 3 is 2.87 bits per heavy atom. The smallest absolute Gasteiger partial charge is 0.00684 e. The third-order valence-corrected chi connectivity index (χ3v) is 3.72. The Labute approximate surface area is 91.9 Å². The van der Waals surface area contributed by atoms with Gasteiger partial charge in [0.15, 0.2) is 0 Å². The van der Waals surface area contributed by atoms with E-state index in [9.17, 15) is 0 Å². The molecule has 1 aromatic rings. The first kappa shape index (κ1) is 9.41. The Kier molecular flexibility index (Phi) is 2.49. The van der Waals surface area contributed by atoms with Crippen LogP contribution in [0.1, 0.15) is 42.7 Å². The van der Waals surface area contributed by atoms with Gasteiger partial charge in [0.2, 0.25) is 0 Å². The fourth-order valence-electron chi connectivity index (χ4n) is 2.66. The second-order valence-electron chi connectivity index (χ2n) is 4.97. The zero-order valence-electron chi connectivity index (χ0n) is 9.21. The molecule has 0 saturated heterocycles. The molecule has 0 amide bonds. The van der Waals surface area contributed by atoms with Gasteiger partial charge in [0.25, 0.3) is 0 Å². The number of rotatable bonds is 3. The number of fused-ring (bicyclic) bond motifs is 1. The standard InChI is InChI=1S/C14H19N/c1-2-7-14-11(4-1)5-3-6-12(14)10-15-13-8-9-13/h1-2,4,7,12-13,15H,3,5-6,8-10H2. The average Bonchev–Trinajstić information content (AvgIpc) is 3.10. The van der Waals surface area contributed by atoms with E-state index in [4.69, 9.17) is 0 Å². The third-order valence-electron chi connectivity index (χ3n) is 3.72. The van der Waals surface area contributed by atoms with Crippen LogP contribution in [0.3, 0.4) is 0 Å². The SMILES string of the molecule is c1ccc2c(c1)CCCC2CNC1CC1. The molecule has 0 heterocycles. The molecular weight excluding hydrogens is 182 g/mol. The number of nitrogens with one attached hydrogen (secondary N) is 1. The molecule has 1 unspecified atom stereocenters. The van der Waals surface area contributed by atoms with Gasteiger partial charge < -0.3 is 5.32 Å². The van der Waals surface area contributed by atoms with Gasteiger partial charge in [-0.15, -0.1) is 0 Å². The van der Waals surface area contributed by atoms with Crippen molar-refractivity contribution in [2.45, 2.75) is 44.1 Å². The summed E-state index contributed by atoms with van der Waals surface area (Å²) < 4.78 is 0. The van der Waals surface area contributed by atoms with Gasteiger partial charge in [-0.3, -0.25) is 0 Å². The van der Waals surface area contributed by atoms with Gasteiger partial charge in [0, 0.05) is 12.6 Å². The van der Waals surface area contributed by atoms with Crippen LogP contribution in [0.15, 0.2) is 24.3 Å². The van der Waals surface area contributed by atoms with E-state index < -0.39 is 0 Å². The zero-order chi connectivity index (χ0) is 10.1. The van der Waals surface area contributed by atoms with Crippen LogP contribution < -0.4 is 5.32 Å². The minimum Gasteiger partial charge on any atom is -0.313 e. The Hall–Kier alpha value is -0.820. The summed E-state index contributed by atoms with van der Waals surface area (Å²) in [5.74, 6) is 0.774. The Morgan fingerprint density at radius 1 is 1.13 bits per heavy atom. The number of aryl methyl sites for hydroxylation is 1. The molecule has 1 saturated carbocycles. The summed E-state index contributed by atoms with van der Waals surface area (Å²) in [5, 5.41) is 3.67. The molecule has 0 bridgehead atoms. The summed E-state index contributed by atoms with van der Waals surface area (Å²) >= 11 is 0. The van der Waals surface area contributed by atoms with Crippen LogP contribution in [0, 0.1) is 0 Å². The molecule has 80 valence electrons. The lowest BCUT2D eigenvalue weighted by Crippen LogP contribution is -2.25. The van der Waals surface area contributed by atoms with Crippen molar-refractivity contribution in [3.63, 3.8) is 0 Å². The summed E-state index contributed by atoms with van der Waals surface area (Å²) in [6.07, 6.45) is 6.82. The van der Waals surface area contributed by atoms with Crippen LogP contribution >= 0.6 is 0 Å². The van der Waals surface area contributed by atoms with Crippen LogP contribution in [0.4, 0.5) is 0 Å². The van der Waals surface area contributed by atoms with Crippen molar-refractivity contribution in [3.05, 3.63) is 35.4 Å². The molecule has 15 heavy (non-hydrogen) atoms. The van der Waals surface area contributed by atoms with Crippen LogP contribution in [0.5, 0.6) is 0 Å². The first-order valence-corrected chi connectivity index (χ1v) is 6.24. The van der Waals surface area contributed by atoms with E-state index in [1.54, 1.807) is 11.1 Å². The normalized spacial score (nSPS) is 24.9. The molecule has 0 aliphatic heterocycles. The van der Waals surface area contributed by atoms with Crippen molar-refractivity contribution < 1.29 is 0 Å². The summed E-state index contributed by atoms with van der Waals surface area (Å²) in [6, 6.07) is 9.84. The van der Waals surface area contributed by atoms with E-state index in [1.165, 1.54) is 38.6 Å². The van der Waals surface area contributed by atoms with E-state index in [-0.39, 0.29) is 0 Å². The fourth-order valence-corrected chi connectivity index (χ4v) is 2.66. The quantitative estimate of drug-likeness (QED) is 0.793. The highest BCUT2D eigenvalue weighted by molar-refractivity contribution is 5.32. The van der Waals surface area contributed by atoms with Crippen molar-refractivity contribution in [1.82, 2.24) is 5.32 Å². The lowest BCUT2D eigenvalue weighted by atomic mass is 9.83. The van der Waals surface area contributed by atoms with Gasteiger partial charge >= 0.3 is 0 Å². The topological polar surface area (TPSA) is 12.0 Å². The van der Waals surface area contributed by atoms with Gasteiger partial charge in [-0.05, 0) is 49.1 Å². The first-order valence-electron chi connectivity index (χ1n) is 6.24. The van der Waals surface area contributed by atoms with E-state index in [0.29, 0.717) is 0 Å². The van der Waals surface area contributed by atoms with Gasteiger partial charge in [-0.2, -0.15) is 0 Å². The minimum atomic E-state index is 0.774. The van der Waals surface area contributed by atoms with Crippen molar-refractivity contribution >= 4 is 0 Å². The number of hydrogen-bond donors (Lipinski definition) is 1. The molecular formula is C14H19N. The molecule has 1 atom stereocenters. The molecule has 2 aliphatic carbocycles. The lowest BCUT2D eigenvalue weighted by molar-refractivity contribution is 0.506. The fraction of sp³-hybridized carbons (Fsp3) is 0.571. The molecule has 0 aromatic heterocycles. The minimum absolute atomic E-state index is 0.774. The Morgan fingerprint density at radius 2 is 2.00 bits per heavy atom. The van der Waals surface area contributed by atoms with E-state index in [2.05, 4.69) is 29.6 Å². The van der Waals surface area contributed by atoms with Crippen molar-refractivity contribution in [2.75, 3.05) is 6.54 Å². The van der Waals surface area contributed by atoms with Crippen LogP contribution in [-0.4, -0.2) is 12.6 Å². The molecule has 3 rings (SSSR count). The summed E-state index contributed by atoms with van der Waals surface area (Å²) in [4.78, 5) is 0. The van der Waals surface area contributed by atoms with Crippen LogP contribution in [0.25, 0.3) is 0 Å². The summed E-state index contributed by atoms with van der Waals surface area (Å²) in [7, 11) is 0. The maximum Gasteiger partial charge on any atom is 0.00684 e. The highest BCUT2D eigenvalue weighted by Gasteiger charge is 2.24. The molecule has 0 spiro atoms. The van der Waals surface area contributed by atoms with Gasteiger partial charge in [0.05, 0.1) is 0 Å². The summed E-state index contributed by atoms with van der Waals surface area (Å²) in [6.45, 7) is 1.20. The van der Waals surface area contributed by atoms with E-state index in [1.807, 2.05) is 0 Å². The molecule has 1 aromatic carbocycles. The molecule has 2 aliphatic rings. The van der Waals surface area contributed by atoms with Gasteiger partial charge in [-0.25, -0.2) is 0 Å². The predicted octanol–water partition coefficient (Wildman–Crippen LogP) is 2.86. The van der Waals surface area contributed by atoms with Crippen LogP contribution in [0.2, 0.25) is 0 Å². The van der Waals surface area contributed by atoms with Crippen molar-refractivity contribution in [2.24, 2.45) is 0 Å². The van der Waals surface area contributed by atoms with Gasteiger partial charge in [0.1, 0.15) is 0 Å². The highest BCUT2D eigenvalue weighted by atomic mass is 14.9. The largest absolute Gasteiger partial charge is 0.313 e. The highest BCUT2D eigenvalue weighted by Crippen LogP contribution is 2.31. The Balaban J connectivity index is 1.73.